The maximum absolute atomic E-state index is 11.7. The minimum atomic E-state index is -0.437. The van der Waals surface area contributed by atoms with Gasteiger partial charge in [0.2, 0.25) is 5.91 Å². The molecule has 0 radical (unpaired) electrons. The van der Waals surface area contributed by atoms with Gasteiger partial charge in [0, 0.05) is 24.5 Å². The van der Waals surface area contributed by atoms with E-state index in [1.165, 1.54) is 18.2 Å². The zero-order valence-electron chi connectivity index (χ0n) is 10.00. The normalized spacial score (nSPS) is 9.89. The zero-order valence-corrected chi connectivity index (χ0v) is 10.8. The summed E-state index contributed by atoms with van der Waals surface area (Å²) in [7, 11) is 0. The molecular formula is C12H15ClN2O3. The van der Waals surface area contributed by atoms with Crippen LogP contribution in [0.1, 0.15) is 23.7 Å². The minimum absolute atomic E-state index is 0.127. The lowest BCUT2D eigenvalue weighted by molar-refractivity contribution is -0.120. The van der Waals surface area contributed by atoms with Crippen LogP contribution >= 0.6 is 11.6 Å². The third-order valence-corrected chi connectivity index (χ3v) is 2.45. The molecule has 2 amide bonds. The maximum atomic E-state index is 11.7. The number of carbonyl (C=O) groups is 2. The molecule has 1 rings (SSSR count). The Balaban J connectivity index is 2.48. The van der Waals surface area contributed by atoms with Crippen molar-refractivity contribution in [2.45, 2.75) is 13.3 Å². The minimum Gasteiger partial charge on any atom is -0.507 e. The van der Waals surface area contributed by atoms with Crippen molar-refractivity contribution in [3.8, 4) is 5.75 Å². The van der Waals surface area contributed by atoms with Crippen LogP contribution in [-0.4, -0.2) is 30.0 Å². The van der Waals surface area contributed by atoms with Crippen LogP contribution in [0.15, 0.2) is 18.2 Å². The summed E-state index contributed by atoms with van der Waals surface area (Å²) < 4.78 is 0. The first kappa shape index (κ1) is 14.3. The van der Waals surface area contributed by atoms with Gasteiger partial charge in [0.1, 0.15) is 5.75 Å². The van der Waals surface area contributed by atoms with Gasteiger partial charge < -0.3 is 15.7 Å². The molecule has 1 aromatic rings. The van der Waals surface area contributed by atoms with Crippen molar-refractivity contribution in [1.29, 1.82) is 0 Å². The molecule has 0 spiro atoms. The molecule has 0 atom stereocenters. The van der Waals surface area contributed by atoms with Crippen molar-refractivity contribution in [3.63, 3.8) is 0 Å². The van der Waals surface area contributed by atoms with Crippen LogP contribution in [0.4, 0.5) is 0 Å². The number of phenolic OH excluding ortho intramolecular Hbond substituents is 1. The molecule has 0 bridgehead atoms. The molecule has 0 aliphatic rings. The summed E-state index contributed by atoms with van der Waals surface area (Å²) in [5, 5.41) is 15.0. The highest BCUT2D eigenvalue weighted by atomic mass is 35.5. The van der Waals surface area contributed by atoms with E-state index in [2.05, 4.69) is 10.6 Å². The maximum Gasteiger partial charge on any atom is 0.255 e. The number of hydrogen-bond donors (Lipinski definition) is 3. The summed E-state index contributed by atoms with van der Waals surface area (Å²) in [6, 6.07) is 4.24. The van der Waals surface area contributed by atoms with Gasteiger partial charge in [-0.15, -0.1) is 0 Å². The van der Waals surface area contributed by atoms with Crippen molar-refractivity contribution in [1.82, 2.24) is 10.6 Å². The molecule has 0 aliphatic heterocycles. The Morgan fingerprint density at radius 2 is 2.06 bits per heavy atom. The van der Waals surface area contributed by atoms with Crippen LogP contribution in [0.2, 0.25) is 5.02 Å². The van der Waals surface area contributed by atoms with Crippen molar-refractivity contribution < 1.29 is 14.7 Å². The van der Waals surface area contributed by atoms with Gasteiger partial charge in [0.15, 0.2) is 0 Å². The van der Waals surface area contributed by atoms with Crippen LogP contribution in [0.3, 0.4) is 0 Å². The second kappa shape index (κ2) is 6.86. The first-order valence-electron chi connectivity index (χ1n) is 5.58. The molecule has 18 heavy (non-hydrogen) atoms. The number of benzene rings is 1. The highest BCUT2D eigenvalue weighted by molar-refractivity contribution is 6.30. The van der Waals surface area contributed by atoms with E-state index in [1.54, 1.807) is 0 Å². The number of rotatable bonds is 5. The summed E-state index contributed by atoms with van der Waals surface area (Å²) in [5.41, 5.74) is 0.135. The number of hydrogen-bond acceptors (Lipinski definition) is 3. The average Bonchev–Trinajstić information content (AvgIpc) is 2.29. The van der Waals surface area contributed by atoms with Gasteiger partial charge in [-0.2, -0.15) is 0 Å². The Morgan fingerprint density at radius 3 is 2.67 bits per heavy atom. The van der Waals surface area contributed by atoms with Crippen molar-refractivity contribution in [3.05, 3.63) is 28.8 Å². The van der Waals surface area contributed by atoms with Crippen LogP contribution in [-0.2, 0) is 4.79 Å². The molecule has 6 heteroatoms. The van der Waals surface area contributed by atoms with E-state index in [-0.39, 0.29) is 30.2 Å². The first-order valence-corrected chi connectivity index (χ1v) is 5.95. The van der Waals surface area contributed by atoms with Gasteiger partial charge in [-0.05, 0) is 25.1 Å². The van der Waals surface area contributed by atoms with Gasteiger partial charge in [-0.25, -0.2) is 0 Å². The van der Waals surface area contributed by atoms with Crippen LogP contribution in [0, 0.1) is 0 Å². The van der Waals surface area contributed by atoms with E-state index in [0.29, 0.717) is 11.6 Å². The molecule has 0 heterocycles. The SMILES string of the molecule is CCNC(=O)CCNC(=O)c1ccc(Cl)cc1O. The fourth-order valence-corrected chi connectivity index (χ4v) is 1.53. The third-order valence-electron chi connectivity index (χ3n) is 2.22. The van der Waals surface area contributed by atoms with Crippen molar-refractivity contribution in [2.24, 2.45) is 0 Å². The average molecular weight is 271 g/mol. The molecule has 0 unspecified atom stereocenters. The van der Waals surface area contributed by atoms with Crippen LogP contribution in [0.5, 0.6) is 5.75 Å². The zero-order chi connectivity index (χ0) is 13.5. The topological polar surface area (TPSA) is 78.4 Å². The molecule has 0 saturated heterocycles. The Morgan fingerprint density at radius 1 is 1.33 bits per heavy atom. The Bertz CT molecular complexity index is 449. The van der Waals surface area contributed by atoms with Gasteiger partial charge >= 0.3 is 0 Å². The Hall–Kier alpha value is -1.75. The summed E-state index contributed by atoms with van der Waals surface area (Å²) >= 11 is 5.66. The lowest BCUT2D eigenvalue weighted by Crippen LogP contribution is -2.30. The summed E-state index contributed by atoms with van der Waals surface area (Å²) in [5.74, 6) is -0.746. The molecule has 0 saturated carbocycles. The predicted molar refractivity (Wildman–Crippen MR) is 68.8 cm³/mol. The molecule has 1 aromatic carbocycles. The largest absolute Gasteiger partial charge is 0.507 e. The van der Waals surface area contributed by atoms with Gasteiger partial charge in [0.05, 0.1) is 5.56 Å². The van der Waals surface area contributed by atoms with Gasteiger partial charge in [-0.3, -0.25) is 9.59 Å². The third kappa shape index (κ3) is 4.25. The number of halogens is 1. The standard InChI is InChI=1S/C12H15ClN2O3/c1-2-14-11(17)5-6-15-12(18)9-4-3-8(13)7-10(9)16/h3-4,7,16H,2,5-6H2,1H3,(H,14,17)(H,15,18). The lowest BCUT2D eigenvalue weighted by Gasteiger charge is -2.07. The summed E-state index contributed by atoms with van der Waals surface area (Å²) in [6.07, 6.45) is 0.202. The quantitative estimate of drug-likeness (QED) is 0.755. The van der Waals surface area contributed by atoms with Crippen LogP contribution in [0.25, 0.3) is 0 Å². The van der Waals surface area contributed by atoms with E-state index < -0.39 is 5.91 Å². The molecule has 0 aliphatic carbocycles. The van der Waals surface area contributed by atoms with E-state index in [1.807, 2.05) is 6.92 Å². The molecule has 98 valence electrons. The number of nitrogens with one attached hydrogen (secondary N) is 2. The second-order valence-corrected chi connectivity index (χ2v) is 4.06. The molecule has 3 N–H and O–H groups in total. The molecule has 0 aromatic heterocycles. The number of carbonyl (C=O) groups excluding carboxylic acids is 2. The van der Waals surface area contributed by atoms with E-state index in [9.17, 15) is 14.7 Å². The highest BCUT2D eigenvalue weighted by Gasteiger charge is 2.11. The number of phenols is 1. The number of aromatic hydroxyl groups is 1. The van der Waals surface area contributed by atoms with E-state index in [0.717, 1.165) is 0 Å². The monoisotopic (exact) mass is 270 g/mol. The second-order valence-electron chi connectivity index (χ2n) is 3.62. The summed E-state index contributed by atoms with van der Waals surface area (Å²) in [4.78, 5) is 22.8. The summed E-state index contributed by atoms with van der Waals surface area (Å²) in [6.45, 7) is 2.60. The fraction of sp³-hybridized carbons (Fsp3) is 0.333. The molecule has 5 nitrogen and oxygen atoms in total. The van der Waals surface area contributed by atoms with Crippen molar-refractivity contribution >= 4 is 23.4 Å². The van der Waals surface area contributed by atoms with Gasteiger partial charge in [0.25, 0.3) is 5.91 Å². The van der Waals surface area contributed by atoms with E-state index >= 15 is 0 Å². The highest BCUT2D eigenvalue weighted by Crippen LogP contribution is 2.21. The predicted octanol–water partition coefficient (Wildman–Crippen LogP) is 1.30. The Labute approximate surface area is 110 Å². The molecular weight excluding hydrogens is 256 g/mol. The molecule has 0 fully saturated rings. The number of amides is 2. The first-order chi connectivity index (χ1) is 8.54. The fourth-order valence-electron chi connectivity index (χ4n) is 1.37. The van der Waals surface area contributed by atoms with Crippen LogP contribution < -0.4 is 10.6 Å². The smallest absolute Gasteiger partial charge is 0.255 e. The van der Waals surface area contributed by atoms with Gasteiger partial charge in [-0.1, -0.05) is 11.6 Å². The Kier molecular flexibility index (Phi) is 5.45. The van der Waals surface area contributed by atoms with Crippen molar-refractivity contribution in [2.75, 3.05) is 13.1 Å². The van der Waals surface area contributed by atoms with E-state index in [4.69, 9.17) is 11.6 Å². The lowest BCUT2D eigenvalue weighted by atomic mass is 10.2.